The first kappa shape index (κ1) is 21.7. The van der Waals surface area contributed by atoms with Gasteiger partial charge in [0.25, 0.3) is 0 Å². The van der Waals surface area contributed by atoms with Gasteiger partial charge in [0.2, 0.25) is 5.91 Å². The van der Waals surface area contributed by atoms with Crippen LogP contribution in [0.3, 0.4) is 0 Å². The van der Waals surface area contributed by atoms with Crippen molar-refractivity contribution in [2.75, 3.05) is 13.2 Å². The van der Waals surface area contributed by atoms with Crippen molar-refractivity contribution < 1.29 is 13.9 Å². The lowest BCUT2D eigenvalue weighted by Crippen LogP contribution is -2.23. The summed E-state index contributed by atoms with van der Waals surface area (Å²) in [6.45, 7) is 5.90. The maximum atomic E-state index is 12.8. The van der Waals surface area contributed by atoms with Crippen LogP contribution < -0.4 is 21.9 Å². The minimum atomic E-state index is -0.501. The highest BCUT2D eigenvalue weighted by atomic mass is 35.5. The number of rotatable bonds is 6. The number of aliphatic imine (C=N–C) groups is 1. The number of nitrogens with two attached hydrogens (primary N) is 3. The standard InChI is InChI=1S/C16H23FN4O2.ClH/c1-16(2,3)13-6-11(4-5-12(13)14(18)22)23-9-10(7-17)8-21-15(19)20;/h4-7H,8-9H2,1-3H3,(H2,18,22)(H4,19,20,21);1H/b10-7-;. The van der Waals surface area contributed by atoms with E-state index in [0.717, 1.165) is 5.56 Å². The molecular formula is C16H24ClFN4O2. The minimum Gasteiger partial charge on any atom is -0.489 e. The van der Waals surface area contributed by atoms with Crippen molar-refractivity contribution >= 4 is 24.3 Å². The predicted octanol–water partition coefficient (Wildman–Crippen LogP) is 2.01. The van der Waals surface area contributed by atoms with E-state index in [0.29, 0.717) is 17.6 Å². The molecule has 0 radical (unpaired) electrons. The molecule has 134 valence electrons. The molecule has 1 aromatic carbocycles. The van der Waals surface area contributed by atoms with Crippen LogP contribution in [0.5, 0.6) is 5.75 Å². The molecule has 1 aromatic rings. The average molecular weight is 359 g/mol. The zero-order chi connectivity index (χ0) is 17.6. The number of benzene rings is 1. The molecule has 0 fully saturated rings. The number of primary amides is 1. The Morgan fingerprint density at radius 1 is 1.29 bits per heavy atom. The normalized spacial score (nSPS) is 11.4. The number of halogens is 2. The molecule has 0 saturated heterocycles. The fraction of sp³-hybridized carbons (Fsp3) is 0.375. The number of hydrogen-bond donors (Lipinski definition) is 3. The number of nitrogens with zero attached hydrogens (tertiary/aromatic N) is 1. The summed E-state index contributed by atoms with van der Waals surface area (Å²) in [6.07, 6.45) is 0.412. The van der Waals surface area contributed by atoms with Crippen LogP contribution in [0.4, 0.5) is 4.39 Å². The van der Waals surface area contributed by atoms with Crippen molar-refractivity contribution in [2.24, 2.45) is 22.2 Å². The van der Waals surface area contributed by atoms with Crippen molar-refractivity contribution in [3.8, 4) is 5.75 Å². The monoisotopic (exact) mass is 358 g/mol. The number of carbonyl (C=O) groups excluding carboxylic acids is 1. The molecule has 0 bridgehead atoms. The lowest BCUT2D eigenvalue weighted by molar-refractivity contribution is 0.0998. The lowest BCUT2D eigenvalue weighted by atomic mass is 9.83. The summed E-state index contributed by atoms with van der Waals surface area (Å²) in [7, 11) is 0. The number of carbonyl (C=O) groups is 1. The van der Waals surface area contributed by atoms with Crippen LogP contribution in [0.1, 0.15) is 36.7 Å². The summed E-state index contributed by atoms with van der Waals surface area (Å²) >= 11 is 0. The molecule has 1 rings (SSSR count). The fourth-order valence-electron chi connectivity index (χ4n) is 1.93. The van der Waals surface area contributed by atoms with Gasteiger partial charge < -0.3 is 21.9 Å². The van der Waals surface area contributed by atoms with Crippen LogP contribution in [0.15, 0.2) is 35.1 Å². The third-order valence-electron chi connectivity index (χ3n) is 3.11. The Bertz CT molecular complexity index is 635. The molecule has 8 heteroatoms. The smallest absolute Gasteiger partial charge is 0.249 e. The molecule has 0 aliphatic carbocycles. The largest absolute Gasteiger partial charge is 0.489 e. The Morgan fingerprint density at radius 3 is 2.38 bits per heavy atom. The van der Waals surface area contributed by atoms with Gasteiger partial charge >= 0.3 is 0 Å². The van der Waals surface area contributed by atoms with Crippen LogP contribution in [0.25, 0.3) is 0 Å². The molecule has 24 heavy (non-hydrogen) atoms. The number of ether oxygens (including phenoxy) is 1. The van der Waals surface area contributed by atoms with E-state index in [9.17, 15) is 9.18 Å². The summed E-state index contributed by atoms with van der Waals surface area (Å²) < 4.78 is 18.3. The Labute approximate surface area is 147 Å². The van der Waals surface area contributed by atoms with Crippen LogP contribution >= 0.6 is 12.4 Å². The van der Waals surface area contributed by atoms with Crippen LogP contribution in [-0.2, 0) is 5.41 Å². The summed E-state index contributed by atoms with van der Waals surface area (Å²) in [4.78, 5) is 15.3. The highest BCUT2D eigenvalue weighted by Crippen LogP contribution is 2.29. The molecule has 0 unspecified atom stereocenters. The average Bonchev–Trinajstić information content (AvgIpc) is 2.45. The van der Waals surface area contributed by atoms with Crippen molar-refractivity contribution in [1.29, 1.82) is 0 Å². The second kappa shape index (κ2) is 9.12. The van der Waals surface area contributed by atoms with Gasteiger partial charge in [0.05, 0.1) is 12.9 Å². The number of guanidine groups is 1. The summed E-state index contributed by atoms with van der Waals surface area (Å²) in [5, 5.41) is 0. The third kappa shape index (κ3) is 6.45. The van der Waals surface area contributed by atoms with Crippen molar-refractivity contribution in [2.45, 2.75) is 26.2 Å². The molecule has 0 aliphatic rings. The van der Waals surface area contributed by atoms with E-state index in [-0.39, 0.29) is 42.5 Å². The maximum Gasteiger partial charge on any atom is 0.249 e. The van der Waals surface area contributed by atoms with Gasteiger partial charge in [-0.1, -0.05) is 20.8 Å². The Kier molecular flexibility index (Phi) is 8.26. The first-order chi connectivity index (χ1) is 10.6. The SMILES string of the molecule is CC(C)(C)c1cc(OC/C(=C\F)CN=C(N)N)ccc1C(N)=O.Cl. The molecule has 0 heterocycles. The highest BCUT2D eigenvalue weighted by Gasteiger charge is 2.21. The molecular weight excluding hydrogens is 335 g/mol. The number of amides is 1. The fourth-order valence-corrected chi connectivity index (χ4v) is 1.93. The van der Waals surface area contributed by atoms with Gasteiger partial charge in [0.15, 0.2) is 5.96 Å². The Morgan fingerprint density at radius 2 is 1.92 bits per heavy atom. The van der Waals surface area contributed by atoms with Gasteiger partial charge in [0, 0.05) is 11.1 Å². The molecule has 6 nitrogen and oxygen atoms in total. The van der Waals surface area contributed by atoms with Crippen molar-refractivity contribution in [3.05, 3.63) is 41.2 Å². The Hall–Kier alpha value is -2.28. The molecule has 0 saturated carbocycles. The van der Waals surface area contributed by atoms with E-state index in [1.807, 2.05) is 20.8 Å². The first-order valence-electron chi connectivity index (χ1n) is 7.05. The van der Waals surface area contributed by atoms with Crippen molar-refractivity contribution in [3.63, 3.8) is 0 Å². The second-order valence-electron chi connectivity index (χ2n) is 6.12. The molecule has 0 aromatic heterocycles. The molecule has 0 aliphatic heterocycles. The van der Waals surface area contributed by atoms with E-state index in [2.05, 4.69) is 4.99 Å². The number of hydrogen-bond acceptors (Lipinski definition) is 3. The van der Waals surface area contributed by atoms with Gasteiger partial charge in [-0.15, -0.1) is 12.4 Å². The van der Waals surface area contributed by atoms with Crippen LogP contribution in [0.2, 0.25) is 0 Å². The van der Waals surface area contributed by atoms with E-state index < -0.39 is 5.91 Å². The minimum absolute atomic E-state index is 0. The summed E-state index contributed by atoms with van der Waals surface area (Å²) in [5.74, 6) is -0.118. The second-order valence-corrected chi connectivity index (χ2v) is 6.12. The quantitative estimate of drug-likeness (QED) is 0.532. The van der Waals surface area contributed by atoms with Gasteiger partial charge in [-0.05, 0) is 29.2 Å². The molecule has 6 N–H and O–H groups in total. The zero-order valence-electron chi connectivity index (χ0n) is 14.0. The van der Waals surface area contributed by atoms with Gasteiger partial charge in [-0.3, -0.25) is 4.79 Å². The van der Waals surface area contributed by atoms with Gasteiger partial charge in [0.1, 0.15) is 12.4 Å². The van der Waals surface area contributed by atoms with Crippen LogP contribution in [0, 0.1) is 0 Å². The summed E-state index contributed by atoms with van der Waals surface area (Å²) in [5.41, 5.74) is 17.0. The summed E-state index contributed by atoms with van der Waals surface area (Å²) in [6, 6.07) is 4.95. The van der Waals surface area contributed by atoms with E-state index in [4.69, 9.17) is 21.9 Å². The predicted molar refractivity (Wildman–Crippen MR) is 96.3 cm³/mol. The van der Waals surface area contributed by atoms with Crippen molar-refractivity contribution in [1.82, 2.24) is 0 Å². The lowest BCUT2D eigenvalue weighted by Gasteiger charge is -2.22. The molecule has 1 amide bonds. The maximum absolute atomic E-state index is 12.8. The zero-order valence-corrected chi connectivity index (χ0v) is 14.8. The van der Waals surface area contributed by atoms with E-state index >= 15 is 0 Å². The molecule has 0 spiro atoms. The topological polar surface area (TPSA) is 117 Å². The third-order valence-corrected chi connectivity index (χ3v) is 3.11. The highest BCUT2D eigenvalue weighted by molar-refractivity contribution is 5.94. The molecule has 0 atom stereocenters. The van der Waals surface area contributed by atoms with E-state index in [1.54, 1.807) is 18.2 Å². The van der Waals surface area contributed by atoms with E-state index in [1.165, 1.54) is 0 Å². The van der Waals surface area contributed by atoms with Gasteiger partial charge in [-0.2, -0.15) is 0 Å². The van der Waals surface area contributed by atoms with Gasteiger partial charge in [-0.25, -0.2) is 9.38 Å². The Balaban J connectivity index is 0.00000529. The van der Waals surface area contributed by atoms with Crippen LogP contribution in [-0.4, -0.2) is 25.0 Å². The first-order valence-corrected chi connectivity index (χ1v) is 7.05.